The van der Waals surface area contributed by atoms with Crippen LogP contribution in [0.15, 0.2) is 27.7 Å². The summed E-state index contributed by atoms with van der Waals surface area (Å²) in [5, 5.41) is 10.5. The number of hydrogen-bond donors (Lipinski definition) is 0. The van der Waals surface area contributed by atoms with Crippen LogP contribution in [-0.4, -0.2) is 13.4 Å². The third-order valence-electron chi connectivity index (χ3n) is 2.16. The maximum atomic E-state index is 9.04. The number of benzene rings is 1. The van der Waals surface area contributed by atoms with Gasteiger partial charge in [0, 0.05) is 5.39 Å². The number of nitriles is 1. The van der Waals surface area contributed by atoms with Gasteiger partial charge in [-0.3, -0.25) is 0 Å². The molecule has 0 fully saturated rings. The van der Waals surface area contributed by atoms with Crippen LogP contribution in [0, 0.1) is 11.3 Å². The minimum Gasteiger partial charge on any atom is -0.497 e. The Balaban J connectivity index is 2.75. The average Bonchev–Trinajstić information content (AvgIpc) is 2.65. The zero-order valence-corrected chi connectivity index (χ0v) is 9.22. The van der Waals surface area contributed by atoms with E-state index in [1.165, 1.54) is 11.8 Å². The van der Waals surface area contributed by atoms with Crippen LogP contribution < -0.4 is 4.74 Å². The number of nitrogens with zero attached hydrogens (tertiary/aromatic N) is 1. The van der Waals surface area contributed by atoms with E-state index in [1.807, 2.05) is 24.5 Å². The highest BCUT2D eigenvalue weighted by atomic mass is 32.2. The molecule has 0 radical (unpaired) electrons. The molecule has 1 aromatic carbocycles. The molecule has 0 atom stereocenters. The first-order chi connectivity index (χ1) is 7.30. The molecular weight excluding hydrogens is 210 g/mol. The van der Waals surface area contributed by atoms with Crippen molar-refractivity contribution in [3.63, 3.8) is 0 Å². The summed E-state index contributed by atoms with van der Waals surface area (Å²) >= 11 is 1.43. The van der Waals surface area contributed by atoms with Crippen molar-refractivity contribution in [2.45, 2.75) is 5.09 Å². The number of fused-ring (bicyclic) bond motifs is 1. The minimum absolute atomic E-state index is 0.580. The van der Waals surface area contributed by atoms with Crippen molar-refractivity contribution in [2.24, 2.45) is 0 Å². The zero-order chi connectivity index (χ0) is 10.8. The molecule has 76 valence electrons. The van der Waals surface area contributed by atoms with Gasteiger partial charge in [-0.2, -0.15) is 5.26 Å². The highest BCUT2D eigenvalue weighted by molar-refractivity contribution is 7.98. The largest absolute Gasteiger partial charge is 0.497 e. The predicted octanol–water partition coefficient (Wildman–Crippen LogP) is 3.03. The number of methoxy groups -OCH3 is 1. The van der Waals surface area contributed by atoms with Gasteiger partial charge in [0.05, 0.1) is 7.11 Å². The van der Waals surface area contributed by atoms with E-state index >= 15 is 0 Å². The molecule has 15 heavy (non-hydrogen) atoms. The fraction of sp³-hybridized carbons (Fsp3) is 0.182. The van der Waals surface area contributed by atoms with Gasteiger partial charge >= 0.3 is 0 Å². The van der Waals surface area contributed by atoms with Crippen LogP contribution in [0.3, 0.4) is 0 Å². The van der Waals surface area contributed by atoms with E-state index in [0.717, 1.165) is 16.7 Å². The van der Waals surface area contributed by atoms with Crippen LogP contribution in [0.5, 0.6) is 5.75 Å². The molecule has 2 rings (SSSR count). The van der Waals surface area contributed by atoms with Crippen molar-refractivity contribution in [1.29, 1.82) is 5.26 Å². The number of rotatable bonds is 2. The summed E-state index contributed by atoms with van der Waals surface area (Å²) in [5.41, 5.74) is 1.30. The lowest BCUT2D eigenvalue weighted by molar-refractivity contribution is 0.415. The minimum atomic E-state index is 0.580. The molecule has 3 nitrogen and oxygen atoms in total. The standard InChI is InChI=1S/C11H9NO2S/c1-13-7-3-4-10-8(5-7)9(6-12)11(14-10)15-2/h3-5H,1-2H3. The van der Waals surface area contributed by atoms with Crippen LogP contribution in [0.4, 0.5) is 0 Å². The van der Waals surface area contributed by atoms with Gasteiger partial charge in [-0.15, -0.1) is 0 Å². The fourth-order valence-corrected chi connectivity index (χ4v) is 1.96. The Hall–Kier alpha value is -1.60. The first kappa shape index (κ1) is 9.94. The van der Waals surface area contributed by atoms with E-state index in [0.29, 0.717) is 10.7 Å². The van der Waals surface area contributed by atoms with E-state index in [9.17, 15) is 0 Å². The molecule has 0 saturated carbocycles. The second-order valence-electron chi connectivity index (χ2n) is 2.94. The van der Waals surface area contributed by atoms with Crippen molar-refractivity contribution in [3.8, 4) is 11.8 Å². The summed E-state index contributed by atoms with van der Waals surface area (Å²) in [6, 6.07) is 7.60. The zero-order valence-electron chi connectivity index (χ0n) is 8.40. The topological polar surface area (TPSA) is 46.2 Å². The van der Waals surface area contributed by atoms with E-state index < -0.39 is 0 Å². The highest BCUT2D eigenvalue weighted by Gasteiger charge is 2.13. The molecule has 0 aliphatic carbocycles. The number of thioether (sulfide) groups is 1. The van der Waals surface area contributed by atoms with Crippen molar-refractivity contribution in [2.75, 3.05) is 13.4 Å². The first-order valence-electron chi connectivity index (χ1n) is 4.34. The molecule has 0 unspecified atom stereocenters. The molecule has 2 aromatic rings. The molecule has 0 N–H and O–H groups in total. The number of ether oxygens (including phenoxy) is 1. The molecule has 0 spiro atoms. The van der Waals surface area contributed by atoms with Gasteiger partial charge in [0.1, 0.15) is 23.0 Å². The summed E-state index contributed by atoms with van der Waals surface area (Å²) in [5.74, 6) is 0.729. The molecule has 0 amide bonds. The lowest BCUT2D eigenvalue weighted by atomic mass is 10.2. The van der Waals surface area contributed by atoms with Crippen LogP contribution >= 0.6 is 11.8 Å². The van der Waals surface area contributed by atoms with Gasteiger partial charge in [0.15, 0.2) is 5.09 Å². The van der Waals surface area contributed by atoms with Gasteiger partial charge in [-0.1, -0.05) is 11.8 Å². The molecule has 0 bridgehead atoms. The number of hydrogen-bond acceptors (Lipinski definition) is 4. The molecule has 0 aliphatic heterocycles. The smallest absolute Gasteiger partial charge is 0.179 e. The maximum absolute atomic E-state index is 9.04. The Morgan fingerprint density at radius 2 is 2.27 bits per heavy atom. The van der Waals surface area contributed by atoms with Gasteiger partial charge in [-0.05, 0) is 24.5 Å². The average molecular weight is 219 g/mol. The number of furan rings is 1. The predicted molar refractivity (Wildman–Crippen MR) is 59.3 cm³/mol. The van der Waals surface area contributed by atoms with E-state index in [1.54, 1.807) is 7.11 Å². The molecule has 1 aromatic heterocycles. The van der Waals surface area contributed by atoms with Crippen molar-refractivity contribution in [1.82, 2.24) is 0 Å². The second kappa shape index (κ2) is 3.87. The van der Waals surface area contributed by atoms with E-state index in [4.69, 9.17) is 14.4 Å². The Bertz CT molecular complexity index is 539. The molecule has 0 saturated heterocycles. The summed E-state index contributed by atoms with van der Waals surface area (Å²) < 4.78 is 10.6. The van der Waals surface area contributed by atoms with E-state index in [-0.39, 0.29) is 0 Å². The Labute approximate surface area is 91.6 Å². The lowest BCUT2D eigenvalue weighted by Gasteiger charge is -1.97. The van der Waals surface area contributed by atoms with Gasteiger partial charge in [0.2, 0.25) is 0 Å². The monoisotopic (exact) mass is 219 g/mol. The highest BCUT2D eigenvalue weighted by Crippen LogP contribution is 2.33. The molecule has 0 aliphatic rings. The van der Waals surface area contributed by atoms with Gasteiger partial charge in [0.25, 0.3) is 0 Å². The summed E-state index contributed by atoms with van der Waals surface area (Å²) in [6.07, 6.45) is 1.88. The third kappa shape index (κ3) is 1.55. The van der Waals surface area contributed by atoms with Crippen molar-refractivity contribution in [3.05, 3.63) is 23.8 Å². The molecular formula is C11H9NO2S. The van der Waals surface area contributed by atoms with Crippen LogP contribution in [-0.2, 0) is 0 Å². The summed E-state index contributed by atoms with van der Waals surface area (Å²) in [7, 11) is 1.60. The third-order valence-corrected chi connectivity index (χ3v) is 2.82. The van der Waals surface area contributed by atoms with Crippen molar-refractivity contribution < 1.29 is 9.15 Å². The summed E-state index contributed by atoms with van der Waals surface area (Å²) in [4.78, 5) is 0. The SMILES string of the molecule is COc1ccc2oc(SC)c(C#N)c2c1. The normalized spacial score (nSPS) is 10.2. The first-order valence-corrected chi connectivity index (χ1v) is 5.57. The second-order valence-corrected chi connectivity index (χ2v) is 3.72. The van der Waals surface area contributed by atoms with Gasteiger partial charge in [-0.25, -0.2) is 0 Å². The van der Waals surface area contributed by atoms with Crippen LogP contribution in [0.1, 0.15) is 5.56 Å². The molecule has 1 heterocycles. The quantitative estimate of drug-likeness (QED) is 0.728. The Morgan fingerprint density at radius 3 is 2.87 bits per heavy atom. The fourth-order valence-electron chi connectivity index (χ4n) is 1.43. The lowest BCUT2D eigenvalue weighted by Crippen LogP contribution is -1.81. The van der Waals surface area contributed by atoms with Crippen LogP contribution in [0.2, 0.25) is 0 Å². The molecule has 4 heteroatoms. The summed E-state index contributed by atoms with van der Waals surface area (Å²) in [6.45, 7) is 0. The van der Waals surface area contributed by atoms with Crippen LogP contribution in [0.25, 0.3) is 11.0 Å². The van der Waals surface area contributed by atoms with Crippen molar-refractivity contribution >= 4 is 22.7 Å². The Morgan fingerprint density at radius 1 is 1.47 bits per heavy atom. The van der Waals surface area contributed by atoms with E-state index in [2.05, 4.69) is 6.07 Å². The Kier molecular flexibility index (Phi) is 2.57. The van der Waals surface area contributed by atoms with Gasteiger partial charge < -0.3 is 9.15 Å². The maximum Gasteiger partial charge on any atom is 0.179 e.